The Labute approximate surface area is 196 Å². The molecule has 166 valence electrons. The molecule has 0 saturated carbocycles. The van der Waals surface area contributed by atoms with Crippen LogP contribution in [0.25, 0.3) is 5.69 Å². The van der Waals surface area contributed by atoms with E-state index in [2.05, 4.69) is 25.5 Å². The van der Waals surface area contributed by atoms with Crippen LogP contribution in [0.1, 0.15) is 11.1 Å². The summed E-state index contributed by atoms with van der Waals surface area (Å²) in [5, 5.41) is 10.6. The molecule has 31 heavy (non-hydrogen) atoms. The molecule has 0 atom stereocenters. The third-order valence-electron chi connectivity index (χ3n) is 4.27. The highest BCUT2D eigenvalue weighted by molar-refractivity contribution is 14.0. The Kier molecular flexibility index (Phi) is 9.50. The predicted molar refractivity (Wildman–Crippen MR) is 126 cm³/mol. The number of halogens is 3. The van der Waals surface area contributed by atoms with Crippen LogP contribution in [-0.4, -0.2) is 36.5 Å². The van der Waals surface area contributed by atoms with Crippen molar-refractivity contribution < 1.29 is 18.3 Å². The Balaban J connectivity index is 0.00000341. The second-order valence-electron chi connectivity index (χ2n) is 6.26. The average Bonchev–Trinajstić information content (AvgIpc) is 3.24. The van der Waals surface area contributed by atoms with Crippen molar-refractivity contribution in [3.05, 3.63) is 72.1 Å². The standard InChI is InChI=1S/C21H23F2N5O2.HI/c1-24-21(25-11-15-12-27-28(14-15)17-6-4-3-5-7-17)26-13-16-10-18(29-2)8-9-19(16)30-20(22)23;/h3-10,12,14,20H,11,13H2,1-2H3,(H2,24,25,26);1H. The molecular weight excluding hydrogens is 519 g/mol. The molecule has 0 aliphatic rings. The van der Waals surface area contributed by atoms with Gasteiger partial charge >= 0.3 is 6.61 Å². The Hall–Kier alpha value is -2.89. The van der Waals surface area contributed by atoms with Crippen molar-refractivity contribution in [2.75, 3.05) is 14.2 Å². The summed E-state index contributed by atoms with van der Waals surface area (Å²) in [6.45, 7) is -2.19. The van der Waals surface area contributed by atoms with Gasteiger partial charge in [-0.05, 0) is 30.3 Å². The van der Waals surface area contributed by atoms with Gasteiger partial charge in [0.1, 0.15) is 11.5 Å². The van der Waals surface area contributed by atoms with Crippen LogP contribution in [0.2, 0.25) is 0 Å². The van der Waals surface area contributed by atoms with Crippen molar-refractivity contribution in [2.24, 2.45) is 4.99 Å². The number of nitrogens with one attached hydrogen (secondary N) is 2. The Morgan fingerprint density at radius 3 is 2.55 bits per heavy atom. The Bertz CT molecular complexity index is 983. The first-order chi connectivity index (χ1) is 14.6. The lowest BCUT2D eigenvalue weighted by Crippen LogP contribution is -2.36. The van der Waals surface area contributed by atoms with Crippen LogP contribution in [0.15, 0.2) is 65.9 Å². The predicted octanol–water partition coefficient (Wildman–Crippen LogP) is 3.97. The Morgan fingerprint density at radius 1 is 1.13 bits per heavy atom. The zero-order valence-corrected chi connectivity index (χ0v) is 19.4. The summed E-state index contributed by atoms with van der Waals surface area (Å²) in [5.41, 5.74) is 2.45. The highest BCUT2D eigenvalue weighted by atomic mass is 127. The van der Waals surface area contributed by atoms with Crippen molar-refractivity contribution in [3.8, 4) is 17.2 Å². The number of aliphatic imine (C=N–C) groups is 1. The first-order valence-electron chi connectivity index (χ1n) is 9.24. The molecule has 3 aromatic rings. The van der Waals surface area contributed by atoms with Gasteiger partial charge in [-0.2, -0.15) is 13.9 Å². The van der Waals surface area contributed by atoms with E-state index < -0.39 is 6.61 Å². The molecule has 0 aliphatic carbocycles. The summed E-state index contributed by atoms with van der Waals surface area (Å²) in [7, 11) is 3.14. The number of para-hydroxylation sites is 1. The second kappa shape index (κ2) is 12.1. The molecule has 0 saturated heterocycles. The van der Waals surface area contributed by atoms with Gasteiger partial charge in [0.25, 0.3) is 0 Å². The van der Waals surface area contributed by atoms with E-state index in [1.807, 2.05) is 36.5 Å². The van der Waals surface area contributed by atoms with E-state index in [0.29, 0.717) is 23.8 Å². The first-order valence-corrected chi connectivity index (χ1v) is 9.24. The normalized spacial score (nSPS) is 11.1. The quantitative estimate of drug-likeness (QED) is 0.256. The molecule has 0 aliphatic heterocycles. The molecule has 2 N–H and O–H groups in total. The van der Waals surface area contributed by atoms with Crippen LogP contribution in [0.3, 0.4) is 0 Å². The van der Waals surface area contributed by atoms with Crippen molar-refractivity contribution in [2.45, 2.75) is 19.7 Å². The van der Waals surface area contributed by atoms with Crippen molar-refractivity contribution in [3.63, 3.8) is 0 Å². The molecule has 1 heterocycles. The number of hydrogen-bond donors (Lipinski definition) is 2. The second-order valence-corrected chi connectivity index (χ2v) is 6.26. The fourth-order valence-electron chi connectivity index (χ4n) is 2.79. The lowest BCUT2D eigenvalue weighted by atomic mass is 10.2. The zero-order chi connectivity index (χ0) is 21.3. The van der Waals surface area contributed by atoms with Gasteiger partial charge in [-0.1, -0.05) is 18.2 Å². The van der Waals surface area contributed by atoms with Gasteiger partial charge in [-0.15, -0.1) is 24.0 Å². The summed E-state index contributed by atoms with van der Waals surface area (Å²) in [6, 6.07) is 14.5. The van der Waals surface area contributed by atoms with Crippen LogP contribution < -0.4 is 20.1 Å². The van der Waals surface area contributed by atoms with Crippen LogP contribution in [0.4, 0.5) is 8.78 Å². The smallest absolute Gasteiger partial charge is 0.387 e. The van der Waals surface area contributed by atoms with E-state index in [9.17, 15) is 8.78 Å². The molecule has 1 aromatic heterocycles. The molecule has 0 amide bonds. The molecule has 0 spiro atoms. The van der Waals surface area contributed by atoms with Crippen LogP contribution in [0.5, 0.6) is 11.5 Å². The minimum atomic E-state index is -2.91. The van der Waals surface area contributed by atoms with Gasteiger partial charge in [0.05, 0.1) is 19.0 Å². The third-order valence-corrected chi connectivity index (χ3v) is 4.27. The van der Waals surface area contributed by atoms with E-state index in [1.165, 1.54) is 13.2 Å². The number of hydrogen-bond acceptors (Lipinski definition) is 4. The van der Waals surface area contributed by atoms with E-state index >= 15 is 0 Å². The molecule has 2 aromatic carbocycles. The van der Waals surface area contributed by atoms with Gasteiger partial charge in [0.15, 0.2) is 5.96 Å². The van der Waals surface area contributed by atoms with Gasteiger partial charge in [-0.25, -0.2) is 4.68 Å². The fraction of sp³-hybridized carbons (Fsp3) is 0.238. The molecule has 0 radical (unpaired) electrons. The number of nitrogens with zero attached hydrogens (tertiary/aromatic N) is 3. The zero-order valence-electron chi connectivity index (χ0n) is 17.1. The molecule has 3 rings (SSSR count). The van der Waals surface area contributed by atoms with Crippen molar-refractivity contribution in [1.29, 1.82) is 0 Å². The number of aromatic nitrogens is 2. The maximum Gasteiger partial charge on any atom is 0.387 e. The number of alkyl halides is 2. The van der Waals surface area contributed by atoms with Crippen LogP contribution in [-0.2, 0) is 13.1 Å². The maximum absolute atomic E-state index is 12.7. The first kappa shape index (κ1) is 24.4. The van der Waals surface area contributed by atoms with E-state index in [0.717, 1.165) is 11.3 Å². The fourth-order valence-corrected chi connectivity index (χ4v) is 2.79. The highest BCUT2D eigenvalue weighted by Gasteiger charge is 2.12. The Morgan fingerprint density at radius 2 is 1.87 bits per heavy atom. The summed E-state index contributed by atoms with van der Waals surface area (Å²) in [4.78, 5) is 4.16. The molecule has 10 heteroatoms. The monoisotopic (exact) mass is 543 g/mol. The van der Waals surface area contributed by atoms with Crippen LogP contribution in [0, 0.1) is 0 Å². The minimum absolute atomic E-state index is 0. The number of ether oxygens (including phenoxy) is 2. The topological polar surface area (TPSA) is 72.7 Å². The van der Waals surface area contributed by atoms with Crippen LogP contribution >= 0.6 is 24.0 Å². The number of methoxy groups -OCH3 is 1. The molecular formula is C21H24F2IN5O2. The summed E-state index contributed by atoms with van der Waals surface area (Å²) >= 11 is 0. The van der Waals surface area contributed by atoms with Gasteiger partial charge in [0.2, 0.25) is 0 Å². The van der Waals surface area contributed by atoms with E-state index in [1.54, 1.807) is 30.1 Å². The number of guanidine groups is 1. The maximum atomic E-state index is 12.7. The number of rotatable bonds is 8. The minimum Gasteiger partial charge on any atom is -0.497 e. The largest absolute Gasteiger partial charge is 0.497 e. The number of benzene rings is 2. The summed E-state index contributed by atoms with van der Waals surface area (Å²) in [6.07, 6.45) is 3.69. The lowest BCUT2D eigenvalue weighted by Gasteiger charge is -2.15. The van der Waals surface area contributed by atoms with Gasteiger partial charge in [-0.3, -0.25) is 4.99 Å². The lowest BCUT2D eigenvalue weighted by molar-refractivity contribution is -0.0504. The van der Waals surface area contributed by atoms with Gasteiger partial charge < -0.3 is 20.1 Å². The van der Waals surface area contributed by atoms with E-state index in [4.69, 9.17) is 4.74 Å². The molecule has 0 bridgehead atoms. The van der Waals surface area contributed by atoms with Crippen molar-refractivity contribution in [1.82, 2.24) is 20.4 Å². The van der Waals surface area contributed by atoms with E-state index in [-0.39, 0.29) is 36.3 Å². The molecule has 0 unspecified atom stereocenters. The summed E-state index contributed by atoms with van der Waals surface area (Å²) < 4.78 is 36.9. The SMILES string of the molecule is CN=C(NCc1cnn(-c2ccccc2)c1)NCc1cc(OC)ccc1OC(F)F.I. The van der Waals surface area contributed by atoms with Gasteiger partial charge in [0, 0.05) is 37.5 Å². The highest BCUT2D eigenvalue weighted by Crippen LogP contribution is 2.25. The van der Waals surface area contributed by atoms with Crippen molar-refractivity contribution >= 4 is 29.9 Å². The third kappa shape index (κ3) is 7.09. The summed E-state index contributed by atoms with van der Waals surface area (Å²) in [5.74, 6) is 1.14. The molecule has 0 fully saturated rings. The molecule has 7 nitrogen and oxygen atoms in total. The average molecular weight is 543 g/mol.